The van der Waals surface area contributed by atoms with Crippen molar-refractivity contribution in [3.05, 3.63) is 18.0 Å². The first-order valence-corrected chi connectivity index (χ1v) is 6.73. The van der Waals surface area contributed by atoms with Gasteiger partial charge in [-0.25, -0.2) is 0 Å². The fraction of sp³-hybridized carbons (Fsp3) is 0.786. The van der Waals surface area contributed by atoms with Gasteiger partial charge in [0.1, 0.15) is 0 Å². The van der Waals surface area contributed by atoms with E-state index in [0.717, 1.165) is 11.8 Å². The zero-order valence-electron chi connectivity index (χ0n) is 10.8. The second kappa shape index (κ2) is 5.03. The third kappa shape index (κ3) is 2.47. The highest BCUT2D eigenvalue weighted by atomic mass is 15.3. The van der Waals surface area contributed by atoms with Crippen LogP contribution in [0.4, 0.5) is 0 Å². The summed E-state index contributed by atoms with van der Waals surface area (Å²) in [4.78, 5) is 0. The van der Waals surface area contributed by atoms with Gasteiger partial charge in [-0.05, 0) is 43.1 Å². The standard InChI is InChI=1S/C14H24N2/c1-4-5-12-9-15-16(10-12)14-7-6-13(8-14)11(2)3/h9-11,13-14H,4-8H2,1-3H3. The Kier molecular flexibility index (Phi) is 3.67. The predicted molar refractivity (Wildman–Crippen MR) is 67.4 cm³/mol. The Morgan fingerprint density at radius 3 is 2.88 bits per heavy atom. The normalized spacial score (nSPS) is 25.5. The molecule has 0 radical (unpaired) electrons. The molecule has 0 spiro atoms. The summed E-state index contributed by atoms with van der Waals surface area (Å²) in [5.41, 5.74) is 1.40. The maximum Gasteiger partial charge on any atom is 0.0522 e. The number of nitrogens with zero attached hydrogens (tertiary/aromatic N) is 2. The highest BCUT2D eigenvalue weighted by molar-refractivity contribution is 5.04. The topological polar surface area (TPSA) is 17.8 Å². The van der Waals surface area contributed by atoms with Crippen LogP contribution in [0.5, 0.6) is 0 Å². The van der Waals surface area contributed by atoms with Crippen molar-refractivity contribution < 1.29 is 0 Å². The summed E-state index contributed by atoms with van der Waals surface area (Å²) >= 11 is 0. The molecule has 0 saturated heterocycles. The molecule has 1 aliphatic rings. The average Bonchev–Trinajstić information content (AvgIpc) is 2.84. The van der Waals surface area contributed by atoms with E-state index in [2.05, 4.69) is 36.7 Å². The molecule has 1 saturated carbocycles. The van der Waals surface area contributed by atoms with Gasteiger partial charge in [0.05, 0.1) is 12.2 Å². The van der Waals surface area contributed by atoms with Gasteiger partial charge < -0.3 is 0 Å². The molecule has 0 amide bonds. The molecule has 2 rings (SSSR count). The van der Waals surface area contributed by atoms with E-state index < -0.39 is 0 Å². The van der Waals surface area contributed by atoms with Gasteiger partial charge in [-0.2, -0.15) is 5.10 Å². The predicted octanol–water partition coefficient (Wildman–Crippen LogP) is 3.83. The van der Waals surface area contributed by atoms with Crippen LogP contribution in [0, 0.1) is 11.8 Å². The van der Waals surface area contributed by atoms with Crippen molar-refractivity contribution in [3.8, 4) is 0 Å². The summed E-state index contributed by atoms with van der Waals surface area (Å²) in [5.74, 6) is 1.74. The molecule has 2 unspecified atom stereocenters. The lowest BCUT2D eigenvalue weighted by Gasteiger charge is -2.14. The van der Waals surface area contributed by atoms with E-state index in [-0.39, 0.29) is 0 Å². The lowest BCUT2D eigenvalue weighted by atomic mass is 9.94. The van der Waals surface area contributed by atoms with Gasteiger partial charge in [0.25, 0.3) is 0 Å². The molecular weight excluding hydrogens is 196 g/mol. The molecule has 2 heteroatoms. The Labute approximate surface area is 99.0 Å². The Morgan fingerprint density at radius 2 is 2.25 bits per heavy atom. The van der Waals surface area contributed by atoms with E-state index in [1.54, 1.807) is 0 Å². The first-order valence-electron chi connectivity index (χ1n) is 6.73. The smallest absolute Gasteiger partial charge is 0.0522 e. The fourth-order valence-electron chi connectivity index (χ4n) is 2.83. The molecule has 1 aromatic rings. The zero-order chi connectivity index (χ0) is 11.5. The van der Waals surface area contributed by atoms with Gasteiger partial charge in [-0.1, -0.05) is 27.2 Å². The van der Waals surface area contributed by atoms with Gasteiger partial charge in [0, 0.05) is 6.20 Å². The quantitative estimate of drug-likeness (QED) is 0.754. The Hall–Kier alpha value is -0.790. The monoisotopic (exact) mass is 220 g/mol. The van der Waals surface area contributed by atoms with Gasteiger partial charge in [-0.3, -0.25) is 4.68 Å². The van der Waals surface area contributed by atoms with Gasteiger partial charge in [0.15, 0.2) is 0 Å². The van der Waals surface area contributed by atoms with Crippen molar-refractivity contribution in [2.24, 2.45) is 11.8 Å². The van der Waals surface area contributed by atoms with Crippen molar-refractivity contribution in [2.75, 3.05) is 0 Å². The minimum Gasteiger partial charge on any atom is -0.269 e. The van der Waals surface area contributed by atoms with Gasteiger partial charge >= 0.3 is 0 Å². The minimum atomic E-state index is 0.665. The summed E-state index contributed by atoms with van der Waals surface area (Å²) in [6.07, 6.45) is 10.7. The molecule has 0 N–H and O–H groups in total. The molecule has 90 valence electrons. The van der Waals surface area contributed by atoms with E-state index in [1.165, 1.54) is 37.7 Å². The zero-order valence-corrected chi connectivity index (χ0v) is 10.8. The van der Waals surface area contributed by atoms with Crippen molar-refractivity contribution in [1.82, 2.24) is 9.78 Å². The van der Waals surface area contributed by atoms with Crippen LogP contribution < -0.4 is 0 Å². The fourth-order valence-corrected chi connectivity index (χ4v) is 2.83. The molecule has 0 aliphatic heterocycles. The molecular formula is C14H24N2. The second-order valence-electron chi connectivity index (χ2n) is 5.55. The first-order chi connectivity index (χ1) is 7.70. The molecule has 1 fully saturated rings. The summed E-state index contributed by atoms with van der Waals surface area (Å²) in [6, 6.07) is 0.665. The number of hydrogen-bond donors (Lipinski definition) is 0. The van der Waals surface area contributed by atoms with Gasteiger partial charge in [-0.15, -0.1) is 0 Å². The van der Waals surface area contributed by atoms with Crippen LogP contribution in [0.3, 0.4) is 0 Å². The van der Waals surface area contributed by atoms with E-state index >= 15 is 0 Å². The van der Waals surface area contributed by atoms with Crippen molar-refractivity contribution in [1.29, 1.82) is 0 Å². The molecule has 2 nitrogen and oxygen atoms in total. The maximum atomic E-state index is 4.53. The highest BCUT2D eigenvalue weighted by Gasteiger charge is 2.28. The molecule has 1 aromatic heterocycles. The Morgan fingerprint density at radius 1 is 1.44 bits per heavy atom. The number of hydrogen-bond acceptors (Lipinski definition) is 1. The van der Waals surface area contributed by atoms with Crippen LogP contribution in [0.25, 0.3) is 0 Å². The lowest BCUT2D eigenvalue weighted by Crippen LogP contribution is -2.08. The second-order valence-corrected chi connectivity index (χ2v) is 5.55. The Balaban J connectivity index is 1.97. The van der Waals surface area contributed by atoms with Crippen LogP contribution >= 0.6 is 0 Å². The van der Waals surface area contributed by atoms with Crippen molar-refractivity contribution >= 4 is 0 Å². The maximum absolute atomic E-state index is 4.53. The Bertz CT molecular complexity index is 327. The average molecular weight is 220 g/mol. The van der Waals surface area contributed by atoms with Crippen molar-refractivity contribution in [3.63, 3.8) is 0 Å². The molecule has 16 heavy (non-hydrogen) atoms. The van der Waals surface area contributed by atoms with Crippen LogP contribution in [-0.2, 0) is 6.42 Å². The third-order valence-electron chi connectivity index (χ3n) is 3.96. The summed E-state index contributed by atoms with van der Waals surface area (Å²) < 4.78 is 2.22. The van der Waals surface area contributed by atoms with Gasteiger partial charge in [0.2, 0.25) is 0 Å². The lowest BCUT2D eigenvalue weighted by molar-refractivity contribution is 0.368. The van der Waals surface area contributed by atoms with Crippen LogP contribution in [0.2, 0.25) is 0 Å². The van der Waals surface area contributed by atoms with E-state index in [0.29, 0.717) is 6.04 Å². The third-order valence-corrected chi connectivity index (χ3v) is 3.96. The molecule has 1 aliphatic carbocycles. The highest BCUT2D eigenvalue weighted by Crippen LogP contribution is 2.38. The minimum absolute atomic E-state index is 0.665. The SMILES string of the molecule is CCCc1cnn(C2CCC(C(C)C)C2)c1. The van der Waals surface area contributed by atoms with Crippen LogP contribution in [0.1, 0.15) is 58.1 Å². The first kappa shape index (κ1) is 11.7. The summed E-state index contributed by atoms with van der Waals surface area (Å²) in [6.45, 7) is 6.92. The van der Waals surface area contributed by atoms with E-state index in [1.807, 2.05) is 6.20 Å². The van der Waals surface area contributed by atoms with Crippen molar-refractivity contribution in [2.45, 2.75) is 58.9 Å². The van der Waals surface area contributed by atoms with Crippen LogP contribution in [0.15, 0.2) is 12.4 Å². The summed E-state index contributed by atoms with van der Waals surface area (Å²) in [5, 5.41) is 4.53. The molecule has 0 bridgehead atoms. The van der Waals surface area contributed by atoms with Crippen LogP contribution in [-0.4, -0.2) is 9.78 Å². The summed E-state index contributed by atoms with van der Waals surface area (Å²) in [7, 11) is 0. The van der Waals surface area contributed by atoms with E-state index in [9.17, 15) is 0 Å². The largest absolute Gasteiger partial charge is 0.269 e. The molecule has 0 aromatic carbocycles. The van der Waals surface area contributed by atoms with E-state index in [4.69, 9.17) is 0 Å². The molecule has 1 heterocycles. The molecule has 2 atom stereocenters. The number of aromatic nitrogens is 2. The number of aryl methyl sites for hydroxylation is 1. The number of rotatable bonds is 4.